The summed E-state index contributed by atoms with van der Waals surface area (Å²) >= 11 is 0. The zero-order valence-corrected chi connectivity index (χ0v) is 7.05. The van der Waals surface area contributed by atoms with Crippen LogP contribution in [0.25, 0.3) is 0 Å². The average molecular weight is 144 g/mol. The van der Waals surface area contributed by atoms with Gasteiger partial charge in [-0.3, -0.25) is 0 Å². The second-order valence-electron chi connectivity index (χ2n) is 3.64. The predicted molar refractivity (Wildman–Crippen MR) is 41.7 cm³/mol. The highest BCUT2D eigenvalue weighted by molar-refractivity contribution is 5.02. The maximum absolute atomic E-state index is 9.18. The Bertz CT molecular complexity index is 107. The van der Waals surface area contributed by atoms with Gasteiger partial charge in [-0.15, -0.1) is 0 Å². The molecular formula is C8H16O2. The van der Waals surface area contributed by atoms with Crippen molar-refractivity contribution < 1.29 is 10.2 Å². The standard InChI is InChI=1S/C8H16O2/c1-7(2,9)5-6-8(3,4)10/h5-6,9-10H,1-4H3/b6-5+. The lowest BCUT2D eigenvalue weighted by Crippen LogP contribution is -2.19. The first-order chi connectivity index (χ1) is 4.21. The van der Waals surface area contributed by atoms with Crippen LogP contribution < -0.4 is 0 Å². The van der Waals surface area contributed by atoms with Crippen LogP contribution in [0, 0.1) is 0 Å². The Balaban J connectivity index is 4.01. The van der Waals surface area contributed by atoms with Crippen LogP contribution in [-0.2, 0) is 0 Å². The monoisotopic (exact) mass is 144 g/mol. The van der Waals surface area contributed by atoms with E-state index >= 15 is 0 Å². The van der Waals surface area contributed by atoms with Gasteiger partial charge in [0.05, 0.1) is 11.2 Å². The van der Waals surface area contributed by atoms with E-state index in [9.17, 15) is 10.2 Å². The van der Waals surface area contributed by atoms with Gasteiger partial charge in [0.1, 0.15) is 0 Å². The molecule has 0 saturated heterocycles. The molecule has 0 saturated carbocycles. The first kappa shape index (κ1) is 9.66. The van der Waals surface area contributed by atoms with Crippen molar-refractivity contribution in [3.63, 3.8) is 0 Å². The van der Waals surface area contributed by atoms with Gasteiger partial charge in [-0.1, -0.05) is 12.2 Å². The van der Waals surface area contributed by atoms with Crippen molar-refractivity contribution in [2.75, 3.05) is 0 Å². The minimum atomic E-state index is -0.833. The maximum Gasteiger partial charge on any atom is 0.0772 e. The van der Waals surface area contributed by atoms with Gasteiger partial charge >= 0.3 is 0 Å². The minimum absolute atomic E-state index is 0.833. The molecule has 0 fully saturated rings. The summed E-state index contributed by atoms with van der Waals surface area (Å²) in [5.74, 6) is 0. The topological polar surface area (TPSA) is 40.5 Å². The van der Waals surface area contributed by atoms with E-state index in [0.717, 1.165) is 0 Å². The molecule has 0 amide bonds. The third-order valence-electron chi connectivity index (χ3n) is 0.899. The molecule has 0 rings (SSSR count). The molecule has 0 spiro atoms. The lowest BCUT2D eigenvalue weighted by atomic mass is 10.0. The summed E-state index contributed by atoms with van der Waals surface area (Å²) in [6, 6.07) is 0. The van der Waals surface area contributed by atoms with Gasteiger partial charge in [0.2, 0.25) is 0 Å². The van der Waals surface area contributed by atoms with E-state index < -0.39 is 11.2 Å². The summed E-state index contributed by atoms with van der Waals surface area (Å²) in [4.78, 5) is 0. The van der Waals surface area contributed by atoms with Gasteiger partial charge in [-0.25, -0.2) is 0 Å². The minimum Gasteiger partial charge on any atom is -0.386 e. The first-order valence-corrected chi connectivity index (χ1v) is 3.36. The fraction of sp³-hybridized carbons (Fsp3) is 0.750. The quantitative estimate of drug-likeness (QED) is 0.569. The van der Waals surface area contributed by atoms with Crippen LogP contribution >= 0.6 is 0 Å². The predicted octanol–water partition coefficient (Wildman–Crippen LogP) is 1.08. The van der Waals surface area contributed by atoms with Crippen molar-refractivity contribution in [2.24, 2.45) is 0 Å². The third kappa shape index (κ3) is 7.66. The fourth-order valence-corrected chi connectivity index (χ4v) is 0.408. The fourth-order valence-electron chi connectivity index (χ4n) is 0.408. The van der Waals surface area contributed by atoms with E-state index in [1.54, 1.807) is 39.8 Å². The Morgan fingerprint density at radius 3 is 1.10 bits per heavy atom. The van der Waals surface area contributed by atoms with E-state index in [2.05, 4.69) is 0 Å². The number of hydrogen-bond acceptors (Lipinski definition) is 2. The largest absolute Gasteiger partial charge is 0.386 e. The molecule has 0 bridgehead atoms. The Hall–Kier alpha value is -0.340. The molecule has 0 aromatic carbocycles. The third-order valence-corrected chi connectivity index (χ3v) is 0.899. The first-order valence-electron chi connectivity index (χ1n) is 3.36. The van der Waals surface area contributed by atoms with E-state index in [4.69, 9.17) is 0 Å². The second-order valence-corrected chi connectivity index (χ2v) is 3.64. The Morgan fingerprint density at radius 2 is 1.00 bits per heavy atom. The van der Waals surface area contributed by atoms with Crippen molar-refractivity contribution in [1.29, 1.82) is 0 Å². The molecular weight excluding hydrogens is 128 g/mol. The van der Waals surface area contributed by atoms with Crippen LogP contribution in [0.5, 0.6) is 0 Å². The molecule has 0 aliphatic carbocycles. The molecule has 0 radical (unpaired) electrons. The molecule has 0 heterocycles. The van der Waals surface area contributed by atoms with Gasteiger partial charge in [0.15, 0.2) is 0 Å². The highest BCUT2D eigenvalue weighted by Gasteiger charge is 2.11. The normalized spacial score (nSPS) is 14.6. The Kier molecular flexibility index (Phi) is 2.63. The van der Waals surface area contributed by atoms with E-state index in [0.29, 0.717) is 0 Å². The molecule has 60 valence electrons. The molecule has 2 N–H and O–H groups in total. The van der Waals surface area contributed by atoms with Crippen molar-refractivity contribution in [3.8, 4) is 0 Å². The molecule has 0 unspecified atom stereocenters. The van der Waals surface area contributed by atoms with Crippen molar-refractivity contribution in [3.05, 3.63) is 12.2 Å². The zero-order chi connectivity index (χ0) is 8.41. The maximum atomic E-state index is 9.18. The van der Waals surface area contributed by atoms with Crippen LogP contribution in [0.1, 0.15) is 27.7 Å². The molecule has 0 aromatic rings. The van der Waals surface area contributed by atoms with Gasteiger partial charge in [-0.2, -0.15) is 0 Å². The summed E-state index contributed by atoms with van der Waals surface area (Å²) in [6.45, 7) is 6.65. The highest BCUT2D eigenvalue weighted by Crippen LogP contribution is 2.08. The van der Waals surface area contributed by atoms with Crippen LogP contribution in [0.2, 0.25) is 0 Å². The van der Waals surface area contributed by atoms with Crippen LogP contribution in [0.4, 0.5) is 0 Å². The molecule has 2 nitrogen and oxygen atoms in total. The van der Waals surface area contributed by atoms with Crippen LogP contribution in [0.15, 0.2) is 12.2 Å². The average Bonchev–Trinajstić information content (AvgIpc) is 1.57. The Labute approximate surface area is 62.2 Å². The summed E-state index contributed by atoms with van der Waals surface area (Å²) < 4.78 is 0. The van der Waals surface area contributed by atoms with E-state index in [1.165, 1.54) is 0 Å². The zero-order valence-electron chi connectivity index (χ0n) is 7.05. The molecule has 0 aromatic heterocycles. The molecule has 10 heavy (non-hydrogen) atoms. The summed E-state index contributed by atoms with van der Waals surface area (Å²) in [5, 5.41) is 18.4. The molecule has 0 aliphatic heterocycles. The highest BCUT2D eigenvalue weighted by atomic mass is 16.3. The van der Waals surface area contributed by atoms with Crippen molar-refractivity contribution >= 4 is 0 Å². The van der Waals surface area contributed by atoms with Crippen molar-refractivity contribution in [1.82, 2.24) is 0 Å². The van der Waals surface area contributed by atoms with E-state index in [1.807, 2.05) is 0 Å². The van der Waals surface area contributed by atoms with Gasteiger partial charge in [0.25, 0.3) is 0 Å². The smallest absolute Gasteiger partial charge is 0.0772 e. The van der Waals surface area contributed by atoms with E-state index in [-0.39, 0.29) is 0 Å². The van der Waals surface area contributed by atoms with Gasteiger partial charge < -0.3 is 10.2 Å². The lowest BCUT2D eigenvalue weighted by Gasteiger charge is -2.15. The number of rotatable bonds is 2. The molecule has 0 atom stereocenters. The SMILES string of the molecule is CC(C)(O)/C=C/C(C)(C)O. The van der Waals surface area contributed by atoms with Crippen LogP contribution in [0.3, 0.4) is 0 Å². The van der Waals surface area contributed by atoms with Crippen LogP contribution in [-0.4, -0.2) is 21.4 Å². The molecule has 0 aliphatic rings. The van der Waals surface area contributed by atoms with Gasteiger partial charge in [0, 0.05) is 0 Å². The summed E-state index contributed by atoms with van der Waals surface area (Å²) in [5.41, 5.74) is -1.67. The molecule has 2 heteroatoms. The number of aliphatic hydroxyl groups is 2. The summed E-state index contributed by atoms with van der Waals surface area (Å²) in [7, 11) is 0. The summed E-state index contributed by atoms with van der Waals surface area (Å²) in [6.07, 6.45) is 3.15. The lowest BCUT2D eigenvalue weighted by molar-refractivity contribution is 0.114. The van der Waals surface area contributed by atoms with Crippen molar-refractivity contribution in [2.45, 2.75) is 38.9 Å². The Morgan fingerprint density at radius 1 is 0.800 bits per heavy atom. The second kappa shape index (κ2) is 2.72. The number of hydrogen-bond donors (Lipinski definition) is 2. The van der Waals surface area contributed by atoms with Gasteiger partial charge in [-0.05, 0) is 27.7 Å².